The van der Waals surface area contributed by atoms with Crippen LogP contribution in [0.15, 0.2) is 24.3 Å². The molecule has 1 N–H and O–H groups in total. The van der Waals surface area contributed by atoms with E-state index in [1.54, 1.807) is 12.1 Å². The lowest BCUT2D eigenvalue weighted by Gasteiger charge is -2.31. The molecule has 2 rings (SSSR count). The van der Waals surface area contributed by atoms with Crippen molar-refractivity contribution in [2.75, 3.05) is 33.3 Å². The van der Waals surface area contributed by atoms with E-state index in [0.717, 1.165) is 25.1 Å². The predicted molar refractivity (Wildman–Crippen MR) is 94.1 cm³/mol. The summed E-state index contributed by atoms with van der Waals surface area (Å²) in [5.74, 6) is 0.531. The molecule has 1 aromatic rings. The number of hydrogen-bond donors (Lipinski definition) is 1. The molecule has 0 aromatic heterocycles. The first-order valence-electron chi connectivity index (χ1n) is 7.56. The van der Waals surface area contributed by atoms with Crippen molar-refractivity contribution in [3.8, 4) is 5.75 Å². The summed E-state index contributed by atoms with van der Waals surface area (Å²) < 4.78 is 18.3. The van der Waals surface area contributed by atoms with Crippen LogP contribution >= 0.6 is 24.8 Å². The lowest BCUT2D eigenvalue weighted by molar-refractivity contribution is 0.193. The van der Waals surface area contributed by atoms with Crippen molar-refractivity contribution in [1.82, 2.24) is 10.2 Å². The summed E-state index contributed by atoms with van der Waals surface area (Å²) in [6.45, 7) is 4.26. The molecule has 0 aliphatic carbocycles. The van der Waals surface area contributed by atoms with Crippen LogP contribution in [-0.2, 0) is 0 Å². The number of nitrogens with one attached hydrogen (secondary N) is 1. The van der Waals surface area contributed by atoms with E-state index in [-0.39, 0.29) is 30.6 Å². The van der Waals surface area contributed by atoms with Gasteiger partial charge in [0.15, 0.2) is 0 Å². The third-order valence-electron chi connectivity index (χ3n) is 3.95. The summed E-state index contributed by atoms with van der Waals surface area (Å²) >= 11 is 0. The lowest BCUT2D eigenvalue weighted by atomic mass is 10.1. The molecule has 0 spiro atoms. The molecule has 22 heavy (non-hydrogen) atoms. The summed E-state index contributed by atoms with van der Waals surface area (Å²) in [6.07, 6.45) is 4.71. The van der Waals surface area contributed by atoms with Gasteiger partial charge in [-0.25, -0.2) is 4.39 Å². The van der Waals surface area contributed by atoms with Gasteiger partial charge in [0.2, 0.25) is 0 Å². The Morgan fingerprint density at radius 1 is 1.14 bits per heavy atom. The van der Waals surface area contributed by atoms with Gasteiger partial charge >= 0.3 is 0 Å². The molecule has 0 radical (unpaired) electrons. The van der Waals surface area contributed by atoms with E-state index in [2.05, 4.69) is 10.2 Å². The number of rotatable bonds is 7. The Balaban J connectivity index is 0.00000220. The summed E-state index contributed by atoms with van der Waals surface area (Å²) in [5, 5.41) is 3.35. The largest absolute Gasteiger partial charge is 0.494 e. The average molecular weight is 353 g/mol. The van der Waals surface area contributed by atoms with Crippen LogP contribution in [0.5, 0.6) is 5.75 Å². The predicted octanol–water partition coefficient (Wildman–Crippen LogP) is 3.51. The van der Waals surface area contributed by atoms with Gasteiger partial charge in [0.1, 0.15) is 11.6 Å². The van der Waals surface area contributed by atoms with Crippen LogP contribution in [0.1, 0.15) is 25.7 Å². The molecule has 1 aliphatic rings. The van der Waals surface area contributed by atoms with Crippen LogP contribution < -0.4 is 10.1 Å². The number of likely N-dealkylation sites (tertiary alicyclic amines) is 1. The van der Waals surface area contributed by atoms with Gasteiger partial charge in [-0.2, -0.15) is 0 Å². The summed E-state index contributed by atoms with van der Waals surface area (Å²) in [5.41, 5.74) is 0. The second kappa shape index (κ2) is 11.9. The second-order valence-corrected chi connectivity index (χ2v) is 5.41. The van der Waals surface area contributed by atoms with Crippen LogP contribution in [0.3, 0.4) is 0 Å². The highest BCUT2D eigenvalue weighted by molar-refractivity contribution is 5.85. The van der Waals surface area contributed by atoms with E-state index >= 15 is 0 Å². The van der Waals surface area contributed by atoms with Crippen LogP contribution in [0.4, 0.5) is 4.39 Å². The zero-order chi connectivity index (χ0) is 14.2. The molecule has 0 amide bonds. The Morgan fingerprint density at radius 2 is 1.77 bits per heavy atom. The molecular weight excluding hydrogens is 326 g/mol. The first-order chi connectivity index (χ1) is 9.78. The maximum atomic E-state index is 12.7. The van der Waals surface area contributed by atoms with Gasteiger partial charge in [0.25, 0.3) is 0 Å². The van der Waals surface area contributed by atoms with E-state index in [1.165, 1.54) is 38.1 Å². The van der Waals surface area contributed by atoms with Crippen molar-refractivity contribution >= 4 is 24.8 Å². The van der Waals surface area contributed by atoms with Gasteiger partial charge in [-0.05, 0) is 76.6 Å². The Kier molecular flexibility index (Phi) is 11.6. The third kappa shape index (κ3) is 7.63. The minimum absolute atomic E-state index is 0. The van der Waals surface area contributed by atoms with Gasteiger partial charge in [-0.1, -0.05) is 0 Å². The molecule has 0 atom stereocenters. The summed E-state index contributed by atoms with van der Waals surface area (Å²) in [7, 11) is 2.05. The van der Waals surface area contributed by atoms with Crippen LogP contribution in [0, 0.1) is 5.82 Å². The van der Waals surface area contributed by atoms with Crippen molar-refractivity contribution in [2.45, 2.75) is 31.7 Å². The molecule has 1 saturated heterocycles. The minimum atomic E-state index is -0.220. The number of ether oxygens (including phenoxy) is 1. The molecule has 128 valence electrons. The molecule has 3 nitrogen and oxygen atoms in total. The Labute approximate surface area is 145 Å². The smallest absolute Gasteiger partial charge is 0.123 e. The van der Waals surface area contributed by atoms with E-state index in [9.17, 15) is 4.39 Å². The summed E-state index contributed by atoms with van der Waals surface area (Å²) in [6, 6.07) is 6.92. The van der Waals surface area contributed by atoms with E-state index in [1.807, 2.05) is 7.05 Å². The lowest BCUT2D eigenvalue weighted by Crippen LogP contribution is -2.41. The van der Waals surface area contributed by atoms with Gasteiger partial charge < -0.3 is 15.0 Å². The maximum Gasteiger partial charge on any atom is 0.123 e. The zero-order valence-electron chi connectivity index (χ0n) is 13.1. The highest BCUT2D eigenvalue weighted by Crippen LogP contribution is 2.13. The molecular formula is C16H27Cl2FN2O. The van der Waals surface area contributed by atoms with Crippen molar-refractivity contribution in [3.63, 3.8) is 0 Å². The van der Waals surface area contributed by atoms with Crippen molar-refractivity contribution in [2.24, 2.45) is 0 Å². The SMILES string of the molecule is CNC1CCN(CCCCOc2ccc(F)cc2)CC1.Cl.Cl. The average Bonchev–Trinajstić information content (AvgIpc) is 2.49. The maximum absolute atomic E-state index is 12.7. The Morgan fingerprint density at radius 3 is 2.36 bits per heavy atom. The van der Waals surface area contributed by atoms with E-state index in [0.29, 0.717) is 12.6 Å². The highest BCUT2D eigenvalue weighted by atomic mass is 35.5. The van der Waals surface area contributed by atoms with Gasteiger partial charge in [0, 0.05) is 6.04 Å². The van der Waals surface area contributed by atoms with Crippen molar-refractivity contribution in [1.29, 1.82) is 0 Å². The summed E-state index contributed by atoms with van der Waals surface area (Å²) in [4.78, 5) is 2.53. The van der Waals surface area contributed by atoms with Crippen LogP contribution in [0.25, 0.3) is 0 Å². The Bertz CT molecular complexity index is 384. The first kappa shape index (κ1) is 21.4. The molecule has 0 unspecified atom stereocenters. The number of unbranched alkanes of at least 4 members (excludes halogenated alkanes) is 1. The number of hydrogen-bond acceptors (Lipinski definition) is 3. The Hall–Kier alpha value is -0.550. The molecule has 1 aliphatic heterocycles. The standard InChI is InChI=1S/C16H25FN2O.2ClH/c1-18-15-8-11-19(12-9-15)10-2-3-13-20-16-6-4-14(17)5-7-16;;/h4-7,15,18H,2-3,8-13H2,1H3;2*1H. The first-order valence-corrected chi connectivity index (χ1v) is 7.56. The fourth-order valence-corrected chi connectivity index (χ4v) is 2.60. The molecule has 1 heterocycles. The number of halogens is 3. The normalized spacial score (nSPS) is 15.7. The molecule has 6 heteroatoms. The monoisotopic (exact) mass is 352 g/mol. The fourth-order valence-electron chi connectivity index (χ4n) is 2.60. The van der Waals surface area contributed by atoms with Gasteiger partial charge in [-0.15, -0.1) is 24.8 Å². The molecule has 0 bridgehead atoms. The number of nitrogens with zero attached hydrogens (tertiary/aromatic N) is 1. The van der Waals surface area contributed by atoms with Crippen molar-refractivity contribution < 1.29 is 9.13 Å². The fraction of sp³-hybridized carbons (Fsp3) is 0.625. The highest BCUT2D eigenvalue weighted by Gasteiger charge is 2.16. The molecule has 0 saturated carbocycles. The van der Waals surface area contributed by atoms with E-state index in [4.69, 9.17) is 4.74 Å². The van der Waals surface area contributed by atoms with Crippen LogP contribution in [-0.4, -0.2) is 44.2 Å². The topological polar surface area (TPSA) is 24.5 Å². The van der Waals surface area contributed by atoms with E-state index < -0.39 is 0 Å². The number of benzene rings is 1. The zero-order valence-corrected chi connectivity index (χ0v) is 14.7. The number of piperidine rings is 1. The van der Waals surface area contributed by atoms with Crippen molar-refractivity contribution in [3.05, 3.63) is 30.1 Å². The second-order valence-electron chi connectivity index (χ2n) is 5.41. The minimum Gasteiger partial charge on any atom is -0.494 e. The van der Waals surface area contributed by atoms with Crippen LogP contribution in [0.2, 0.25) is 0 Å². The quantitative estimate of drug-likeness (QED) is 0.760. The molecule has 1 fully saturated rings. The third-order valence-corrected chi connectivity index (χ3v) is 3.95. The van der Waals surface area contributed by atoms with Gasteiger partial charge in [-0.3, -0.25) is 0 Å². The van der Waals surface area contributed by atoms with Gasteiger partial charge in [0.05, 0.1) is 6.61 Å². The molecule has 1 aromatic carbocycles.